The second-order valence-electron chi connectivity index (χ2n) is 17.5. The lowest BCUT2D eigenvalue weighted by molar-refractivity contribution is 0.00328. The molecule has 7 heteroatoms. The highest BCUT2D eigenvalue weighted by atomic mass is 16.6. The van der Waals surface area contributed by atoms with Crippen molar-refractivity contribution in [3.8, 4) is 34.1 Å². The van der Waals surface area contributed by atoms with Gasteiger partial charge in [-0.2, -0.15) is 0 Å². The lowest BCUT2D eigenvalue weighted by Gasteiger charge is -2.46. The van der Waals surface area contributed by atoms with Crippen LogP contribution < -0.4 is 18.9 Å². The van der Waals surface area contributed by atoms with Crippen molar-refractivity contribution in [3.05, 3.63) is 81.9 Å². The van der Waals surface area contributed by atoms with Gasteiger partial charge in [0, 0.05) is 23.0 Å². The van der Waals surface area contributed by atoms with E-state index in [1.165, 1.54) is 71.1 Å². The van der Waals surface area contributed by atoms with Crippen LogP contribution >= 0.6 is 0 Å². The summed E-state index contributed by atoms with van der Waals surface area (Å²) in [6.45, 7) is 21.6. The molecular formula is C50H70O7. The normalized spacial score (nSPS) is 18.6. The molecule has 2 aliphatic heterocycles. The van der Waals surface area contributed by atoms with Gasteiger partial charge in [0.15, 0.2) is 0 Å². The Kier molecular flexibility index (Phi) is 15.1. The Morgan fingerprint density at radius 1 is 0.649 bits per heavy atom. The number of fused-ring (bicyclic) bond motifs is 6. The maximum atomic E-state index is 6.73. The molecule has 2 heterocycles. The predicted octanol–water partition coefficient (Wildman–Crippen LogP) is 11.9. The SMILES string of the molecule is CCCCCc1cc(OCCOCCOCCOCCOc2cc(CCCCC)cc3c2[C@@H]2C=C(C)CC[C@H]2C(C)(C)O3)c2c(c1)OC(C)(C)c1ccc(C)cc1-2. The van der Waals surface area contributed by atoms with Gasteiger partial charge < -0.3 is 33.2 Å². The molecule has 3 aromatic rings. The third-order valence-electron chi connectivity index (χ3n) is 11.9. The van der Waals surface area contributed by atoms with E-state index in [9.17, 15) is 0 Å². The van der Waals surface area contributed by atoms with Crippen LogP contribution in [0.2, 0.25) is 0 Å². The minimum Gasteiger partial charge on any atom is -0.491 e. The van der Waals surface area contributed by atoms with Gasteiger partial charge in [-0.1, -0.05) is 74.9 Å². The third kappa shape index (κ3) is 11.0. The van der Waals surface area contributed by atoms with Gasteiger partial charge in [-0.25, -0.2) is 0 Å². The predicted molar refractivity (Wildman–Crippen MR) is 231 cm³/mol. The summed E-state index contributed by atoms with van der Waals surface area (Å²) in [6.07, 6.45) is 13.9. The van der Waals surface area contributed by atoms with Crippen LogP contribution in [0.3, 0.4) is 0 Å². The number of aryl methyl sites for hydroxylation is 3. The van der Waals surface area contributed by atoms with Gasteiger partial charge in [-0.05, 0) is 121 Å². The Morgan fingerprint density at radius 3 is 1.86 bits per heavy atom. The zero-order valence-corrected chi connectivity index (χ0v) is 36.4. The van der Waals surface area contributed by atoms with Gasteiger partial charge in [0.1, 0.15) is 47.4 Å². The van der Waals surface area contributed by atoms with Crippen LogP contribution in [0.4, 0.5) is 0 Å². The summed E-state index contributed by atoms with van der Waals surface area (Å²) in [5.41, 5.74) is 9.21. The van der Waals surface area contributed by atoms with Crippen molar-refractivity contribution in [3.63, 3.8) is 0 Å². The first-order valence-electron chi connectivity index (χ1n) is 22.0. The summed E-state index contributed by atoms with van der Waals surface area (Å²) in [4.78, 5) is 0. The molecule has 3 aliphatic rings. The Labute approximate surface area is 343 Å². The molecule has 0 amide bonds. The van der Waals surface area contributed by atoms with E-state index < -0.39 is 5.60 Å². The molecule has 0 saturated heterocycles. The van der Waals surface area contributed by atoms with Crippen molar-refractivity contribution in [2.45, 2.75) is 137 Å². The fourth-order valence-electron chi connectivity index (χ4n) is 8.91. The number of ether oxygens (including phenoxy) is 7. The average Bonchev–Trinajstić information content (AvgIpc) is 3.15. The first-order valence-corrected chi connectivity index (χ1v) is 22.0. The Hall–Kier alpha value is -3.52. The number of hydrogen-bond acceptors (Lipinski definition) is 7. The summed E-state index contributed by atoms with van der Waals surface area (Å²) in [6, 6.07) is 15.6. The molecule has 0 unspecified atom stereocenters. The minimum atomic E-state index is -0.416. The molecule has 6 rings (SSSR count). The molecule has 2 atom stereocenters. The number of rotatable bonds is 22. The van der Waals surface area contributed by atoms with Gasteiger partial charge in [0.25, 0.3) is 0 Å². The number of unbranched alkanes of at least 4 members (excludes halogenated alkanes) is 4. The molecule has 0 N–H and O–H groups in total. The number of hydrogen-bond donors (Lipinski definition) is 0. The average molecular weight is 783 g/mol. The topological polar surface area (TPSA) is 64.6 Å². The first kappa shape index (κ1) is 43.1. The molecule has 1 aliphatic carbocycles. The van der Waals surface area contributed by atoms with Crippen LogP contribution in [0.1, 0.15) is 134 Å². The second kappa shape index (κ2) is 20.0. The number of benzene rings is 3. The van der Waals surface area contributed by atoms with Crippen molar-refractivity contribution in [2.24, 2.45) is 5.92 Å². The zero-order chi connectivity index (χ0) is 40.4. The minimum absolute atomic E-state index is 0.212. The van der Waals surface area contributed by atoms with Crippen LogP contribution in [-0.2, 0) is 32.7 Å². The fraction of sp³-hybridized carbons (Fsp3) is 0.600. The highest BCUT2D eigenvalue weighted by Gasteiger charge is 2.45. The van der Waals surface area contributed by atoms with E-state index in [-0.39, 0.29) is 5.60 Å². The largest absolute Gasteiger partial charge is 0.491 e. The Balaban J connectivity index is 0.934. The third-order valence-corrected chi connectivity index (χ3v) is 11.9. The molecule has 0 fully saturated rings. The van der Waals surface area contributed by atoms with Crippen LogP contribution in [0.25, 0.3) is 11.1 Å². The van der Waals surface area contributed by atoms with Gasteiger partial charge >= 0.3 is 0 Å². The van der Waals surface area contributed by atoms with Gasteiger partial charge in [0.2, 0.25) is 0 Å². The smallest absolute Gasteiger partial charge is 0.132 e. The van der Waals surface area contributed by atoms with Gasteiger partial charge in [-0.15, -0.1) is 0 Å². The standard InChI is InChI=1S/C50H70O7/c1-9-11-13-15-37-31-43(47-39-29-35(3)17-19-41(39)49(5,6)56-45(47)33-37)54-27-25-52-23-21-51-22-24-53-26-28-55-44-32-38(16-14-12-10-2)34-46-48(44)40-30-36(4)18-20-42(40)50(7,8)57-46/h17,19,29-34,40,42H,9-16,18,20-28H2,1-8H3/t40-,42-/m1/s1. The van der Waals surface area contributed by atoms with Crippen LogP contribution in [-0.4, -0.2) is 58.5 Å². The monoisotopic (exact) mass is 783 g/mol. The van der Waals surface area contributed by atoms with Crippen LogP contribution in [0.15, 0.2) is 54.1 Å². The lowest BCUT2D eigenvalue weighted by atomic mass is 9.68. The Bertz CT molecular complexity index is 1810. The van der Waals surface area contributed by atoms with Gasteiger partial charge in [-0.3, -0.25) is 0 Å². The first-order chi connectivity index (χ1) is 27.5. The molecular weight excluding hydrogens is 713 g/mol. The quantitative estimate of drug-likeness (QED) is 0.0743. The lowest BCUT2D eigenvalue weighted by Crippen LogP contribution is -2.45. The van der Waals surface area contributed by atoms with Crippen molar-refractivity contribution in [1.82, 2.24) is 0 Å². The molecule has 0 bridgehead atoms. The van der Waals surface area contributed by atoms with E-state index in [1.807, 2.05) is 0 Å². The summed E-state index contributed by atoms with van der Waals surface area (Å²) >= 11 is 0. The summed E-state index contributed by atoms with van der Waals surface area (Å²) in [5, 5.41) is 0. The van der Waals surface area contributed by atoms with E-state index >= 15 is 0 Å². The molecule has 7 nitrogen and oxygen atoms in total. The van der Waals surface area contributed by atoms with Crippen molar-refractivity contribution < 1.29 is 33.2 Å². The maximum absolute atomic E-state index is 6.73. The summed E-state index contributed by atoms with van der Waals surface area (Å²) in [5.74, 6) is 4.45. The zero-order valence-electron chi connectivity index (χ0n) is 36.4. The van der Waals surface area contributed by atoms with E-state index in [1.54, 1.807) is 0 Å². The second-order valence-corrected chi connectivity index (χ2v) is 17.5. The van der Waals surface area contributed by atoms with Crippen molar-refractivity contribution >= 4 is 0 Å². The van der Waals surface area contributed by atoms with E-state index in [2.05, 4.69) is 104 Å². The van der Waals surface area contributed by atoms with Crippen LogP contribution in [0, 0.1) is 12.8 Å². The van der Waals surface area contributed by atoms with Crippen molar-refractivity contribution in [2.75, 3.05) is 52.9 Å². The highest BCUT2D eigenvalue weighted by Crippen LogP contribution is 2.54. The highest BCUT2D eigenvalue weighted by molar-refractivity contribution is 5.82. The molecule has 0 aromatic heterocycles. The Morgan fingerprint density at radius 2 is 1.23 bits per heavy atom. The van der Waals surface area contributed by atoms with E-state index in [0.29, 0.717) is 64.7 Å². The summed E-state index contributed by atoms with van der Waals surface area (Å²) < 4.78 is 43.9. The molecule has 57 heavy (non-hydrogen) atoms. The fourth-order valence-corrected chi connectivity index (χ4v) is 8.91. The molecule has 0 saturated carbocycles. The molecule has 3 aromatic carbocycles. The maximum Gasteiger partial charge on any atom is 0.132 e. The molecule has 312 valence electrons. The van der Waals surface area contributed by atoms with Gasteiger partial charge in [0.05, 0.1) is 45.2 Å². The van der Waals surface area contributed by atoms with Crippen molar-refractivity contribution in [1.29, 1.82) is 0 Å². The van der Waals surface area contributed by atoms with Crippen LogP contribution in [0.5, 0.6) is 23.0 Å². The summed E-state index contributed by atoms with van der Waals surface area (Å²) in [7, 11) is 0. The van der Waals surface area contributed by atoms with E-state index in [4.69, 9.17) is 33.2 Å². The molecule has 0 radical (unpaired) electrons. The number of allylic oxidation sites excluding steroid dienone is 2. The van der Waals surface area contributed by atoms with E-state index in [0.717, 1.165) is 60.7 Å². The molecule has 0 spiro atoms.